The summed E-state index contributed by atoms with van der Waals surface area (Å²) in [6.07, 6.45) is 0.416. The van der Waals surface area contributed by atoms with Crippen LogP contribution in [-0.2, 0) is 17.9 Å². The number of aliphatic imine (C=N–C) groups is 1. The summed E-state index contributed by atoms with van der Waals surface area (Å²) in [5, 5.41) is 6.46. The number of halogens is 2. The zero-order valence-corrected chi connectivity index (χ0v) is 20.5. The highest BCUT2D eigenvalue weighted by atomic mass is 127. The molecule has 0 saturated carbocycles. The number of nitrogens with one attached hydrogen (secondary N) is 2. The molecule has 0 atom stereocenters. The summed E-state index contributed by atoms with van der Waals surface area (Å²) >= 11 is 5.28. The van der Waals surface area contributed by atoms with Gasteiger partial charge in [0.25, 0.3) is 0 Å². The Morgan fingerprint density at radius 2 is 1.96 bits per heavy atom. The molecule has 27 heavy (non-hydrogen) atoms. The van der Waals surface area contributed by atoms with Gasteiger partial charge < -0.3 is 15.5 Å². The molecule has 0 saturated heterocycles. The molecule has 8 heteroatoms. The number of carbonyl (C=O) groups excluding carboxylic acids is 1. The second kappa shape index (κ2) is 12.4. The number of benzene rings is 1. The van der Waals surface area contributed by atoms with E-state index < -0.39 is 0 Å². The molecule has 0 radical (unpaired) electrons. The van der Waals surface area contributed by atoms with E-state index in [4.69, 9.17) is 0 Å². The van der Waals surface area contributed by atoms with E-state index in [0.717, 1.165) is 16.6 Å². The zero-order valence-electron chi connectivity index (χ0n) is 15.8. The summed E-state index contributed by atoms with van der Waals surface area (Å²) in [5.74, 6) is 0.801. The van der Waals surface area contributed by atoms with Gasteiger partial charge in [0.05, 0.1) is 6.54 Å². The highest BCUT2D eigenvalue weighted by molar-refractivity contribution is 14.0. The van der Waals surface area contributed by atoms with Crippen molar-refractivity contribution in [2.75, 3.05) is 20.6 Å². The van der Waals surface area contributed by atoms with Gasteiger partial charge in [0.1, 0.15) is 0 Å². The van der Waals surface area contributed by atoms with E-state index in [9.17, 15) is 4.79 Å². The summed E-state index contributed by atoms with van der Waals surface area (Å²) in [6.45, 7) is 3.96. The van der Waals surface area contributed by atoms with E-state index in [2.05, 4.69) is 50.6 Å². The van der Waals surface area contributed by atoms with Crippen molar-refractivity contribution < 1.29 is 4.79 Å². The normalized spacial score (nSPS) is 10.9. The minimum atomic E-state index is 0. The zero-order chi connectivity index (χ0) is 18.9. The number of nitrogens with zero attached hydrogens (tertiary/aromatic N) is 2. The standard InChI is InChI=1S/C19H25BrN4OS.HI/c1-14-8-9-16(26-14)12-23-19(21-2)22-11-10-18(25)24(3)13-15-6-4-5-7-17(15)20;/h4-9H,10-13H2,1-3H3,(H2,21,22,23);1H. The molecule has 0 bridgehead atoms. The number of guanidine groups is 1. The molecule has 1 amide bonds. The fourth-order valence-electron chi connectivity index (χ4n) is 2.42. The van der Waals surface area contributed by atoms with Crippen LogP contribution in [0.15, 0.2) is 45.9 Å². The van der Waals surface area contributed by atoms with Gasteiger partial charge in [0, 0.05) is 47.8 Å². The van der Waals surface area contributed by atoms with Crippen molar-refractivity contribution in [1.82, 2.24) is 15.5 Å². The third kappa shape index (κ3) is 8.18. The van der Waals surface area contributed by atoms with Crippen LogP contribution in [-0.4, -0.2) is 37.4 Å². The van der Waals surface area contributed by atoms with Crippen LogP contribution in [0, 0.1) is 6.92 Å². The molecule has 2 N–H and O–H groups in total. The molecular formula is C19H26BrIN4OS. The molecule has 0 fully saturated rings. The van der Waals surface area contributed by atoms with E-state index in [0.29, 0.717) is 25.5 Å². The lowest BCUT2D eigenvalue weighted by Gasteiger charge is -2.19. The summed E-state index contributed by atoms with van der Waals surface area (Å²) in [5.41, 5.74) is 1.10. The van der Waals surface area contributed by atoms with E-state index in [1.807, 2.05) is 31.3 Å². The molecule has 0 spiro atoms. The molecule has 5 nitrogen and oxygen atoms in total. The van der Waals surface area contributed by atoms with Crippen molar-refractivity contribution in [2.45, 2.75) is 26.4 Å². The summed E-state index contributed by atoms with van der Waals surface area (Å²) in [4.78, 5) is 20.8. The molecule has 148 valence electrons. The summed E-state index contributed by atoms with van der Waals surface area (Å²) < 4.78 is 1.02. The van der Waals surface area contributed by atoms with Crippen LogP contribution in [0.3, 0.4) is 0 Å². The van der Waals surface area contributed by atoms with Crippen molar-refractivity contribution in [3.63, 3.8) is 0 Å². The minimum Gasteiger partial charge on any atom is -0.356 e. The number of aryl methyl sites for hydroxylation is 1. The number of hydrogen-bond acceptors (Lipinski definition) is 3. The molecule has 0 unspecified atom stereocenters. The number of hydrogen-bond donors (Lipinski definition) is 2. The van der Waals surface area contributed by atoms with E-state index >= 15 is 0 Å². The van der Waals surface area contributed by atoms with Gasteiger partial charge in [-0.2, -0.15) is 0 Å². The van der Waals surface area contributed by atoms with Gasteiger partial charge in [-0.15, -0.1) is 35.3 Å². The van der Waals surface area contributed by atoms with Gasteiger partial charge in [-0.3, -0.25) is 9.79 Å². The smallest absolute Gasteiger partial charge is 0.224 e. The maximum absolute atomic E-state index is 12.3. The summed E-state index contributed by atoms with van der Waals surface area (Å²) in [6, 6.07) is 12.2. The van der Waals surface area contributed by atoms with Gasteiger partial charge in [-0.1, -0.05) is 34.1 Å². The topological polar surface area (TPSA) is 56.7 Å². The maximum Gasteiger partial charge on any atom is 0.224 e. The van der Waals surface area contributed by atoms with Crippen molar-refractivity contribution in [2.24, 2.45) is 4.99 Å². The van der Waals surface area contributed by atoms with E-state index in [-0.39, 0.29) is 29.9 Å². The van der Waals surface area contributed by atoms with Crippen molar-refractivity contribution in [3.05, 3.63) is 56.2 Å². The Morgan fingerprint density at radius 3 is 2.59 bits per heavy atom. The highest BCUT2D eigenvalue weighted by Gasteiger charge is 2.11. The van der Waals surface area contributed by atoms with E-state index in [1.165, 1.54) is 9.75 Å². The van der Waals surface area contributed by atoms with Crippen LogP contribution >= 0.6 is 51.2 Å². The molecule has 0 aliphatic rings. The molecule has 2 aromatic rings. The van der Waals surface area contributed by atoms with Gasteiger partial charge in [0.15, 0.2) is 5.96 Å². The molecule has 2 rings (SSSR count). The first-order chi connectivity index (χ1) is 12.5. The van der Waals surface area contributed by atoms with Crippen molar-refractivity contribution in [3.8, 4) is 0 Å². The van der Waals surface area contributed by atoms with Crippen LogP contribution in [0.1, 0.15) is 21.7 Å². The van der Waals surface area contributed by atoms with E-state index in [1.54, 1.807) is 23.3 Å². The lowest BCUT2D eigenvalue weighted by Crippen LogP contribution is -2.39. The van der Waals surface area contributed by atoms with Crippen LogP contribution < -0.4 is 10.6 Å². The second-order valence-electron chi connectivity index (χ2n) is 5.96. The first kappa shape index (κ1) is 23.9. The van der Waals surface area contributed by atoms with Crippen molar-refractivity contribution >= 4 is 63.1 Å². The third-order valence-electron chi connectivity index (χ3n) is 3.87. The first-order valence-corrected chi connectivity index (χ1v) is 10.1. The Labute approximate surface area is 190 Å². The van der Waals surface area contributed by atoms with Crippen molar-refractivity contribution in [1.29, 1.82) is 0 Å². The Balaban J connectivity index is 0.00000364. The van der Waals surface area contributed by atoms with Crippen LogP contribution in [0.2, 0.25) is 0 Å². The number of thiophene rings is 1. The lowest BCUT2D eigenvalue weighted by atomic mass is 10.2. The predicted octanol–water partition coefficient (Wildman–Crippen LogP) is 4.15. The lowest BCUT2D eigenvalue weighted by molar-refractivity contribution is -0.130. The van der Waals surface area contributed by atoms with Gasteiger partial charge in [0.2, 0.25) is 5.91 Å². The Hall–Kier alpha value is -1.13. The fourth-order valence-corrected chi connectivity index (χ4v) is 3.66. The number of carbonyl (C=O) groups is 1. The van der Waals surface area contributed by atoms with Gasteiger partial charge >= 0.3 is 0 Å². The molecular weight excluding hydrogens is 539 g/mol. The molecule has 0 aliphatic heterocycles. The molecule has 0 aliphatic carbocycles. The average molecular weight is 565 g/mol. The second-order valence-corrected chi connectivity index (χ2v) is 8.18. The third-order valence-corrected chi connectivity index (χ3v) is 5.65. The molecule has 1 aromatic heterocycles. The van der Waals surface area contributed by atoms with Crippen LogP contribution in [0.25, 0.3) is 0 Å². The van der Waals surface area contributed by atoms with Crippen LogP contribution in [0.4, 0.5) is 0 Å². The fraction of sp³-hybridized carbons (Fsp3) is 0.368. The number of amides is 1. The quantitative estimate of drug-likeness (QED) is 0.302. The minimum absolute atomic E-state index is 0. The summed E-state index contributed by atoms with van der Waals surface area (Å²) in [7, 11) is 3.56. The largest absolute Gasteiger partial charge is 0.356 e. The molecule has 1 aromatic carbocycles. The highest BCUT2D eigenvalue weighted by Crippen LogP contribution is 2.17. The number of rotatable bonds is 7. The molecule has 1 heterocycles. The van der Waals surface area contributed by atoms with Crippen LogP contribution in [0.5, 0.6) is 0 Å². The maximum atomic E-state index is 12.3. The van der Waals surface area contributed by atoms with Gasteiger partial charge in [-0.05, 0) is 30.7 Å². The predicted molar refractivity (Wildman–Crippen MR) is 128 cm³/mol. The Morgan fingerprint density at radius 1 is 1.22 bits per heavy atom. The van der Waals surface area contributed by atoms with Gasteiger partial charge in [-0.25, -0.2) is 0 Å². The first-order valence-electron chi connectivity index (χ1n) is 8.47. The Bertz CT molecular complexity index is 766. The Kier molecular flexibility index (Phi) is 10.9. The monoisotopic (exact) mass is 564 g/mol. The average Bonchev–Trinajstić information content (AvgIpc) is 3.05. The SMILES string of the molecule is CN=C(NCCC(=O)N(C)Cc1ccccc1Br)NCc1ccc(C)s1.I.